The molecule has 1 N–H and O–H groups in total. The van der Waals surface area contributed by atoms with Crippen molar-refractivity contribution in [2.24, 2.45) is 0 Å². The first-order valence-electron chi connectivity index (χ1n) is 4.96. The number of amides is 1. The number of carbonyl (C=O) groups is 1. The third-order valence-corrected chi connectivity index (χ3v) is 2.80. The van der Waals surface area contributed by atoms with Crippen LogP contribution in [0.2, 0.25) is 10.0 Å². The van der Waals surface area contributed by atoms with Crippen LogP contribution in [0.25, 0.3) is 6.08 Å². The summed E-state index contributed by atoms with van der Waals surface area (Å²) in [6, 6.07) is 5.49. The molecular formula is C12H13Cl2NO. The fourth-order valence-electron chi connectivity index (χ4n) is 1.19. The van der Waals surface area contributed by atoms with E-state index in [1.54, 1.807) is 6.07 Å². The summed E-state index contributed by atoms with van der Waals surface area (Å²) in [6.45, 7) is 2.13. The van der Waals surface area contributed by atoms with Gasteiger partial charge >= 0.3 is 0 Å². The van der Waals surface area contributed by atoms with Crippen molar-refractivity contribution in [2.45, 2.75) is 13.3 Å². The zero-order valence-corrected chi connectivity index (χ0v) is 10.5. The average Bonchev–Trinajstić information content (AvgIpc) is 2.23. The van der Waals surface area contributed by atoms with Gasteiger partial charge in [-0.2, -0.15) is 0 Å². The molecule has 0 aromatic heterocycles. The Labute approximate surface area is 105 Å². The van der Waals surface area contributed by atoms with E-state index in [1.807, 2.05) is 24.3 Å². The molecule has 0 aliphatic rings. The summed E-state index contributed by atoms with van der Waals surface area (Å²) in [7, 11) is 0. The normalized spacial score (nSPS) is 10.7. The third-order valence-electron chi connectivity index (χ3n) is 1.96. The van der Waals surface area contributed by atoms with E-state index in [9.17, 15) is 4.79 Å². The molecule has 1 aromatic carbocycles. The van der Waals surface area contributed by atoms with E-state index >= 15 is 0 Å². The van der Waals surface area contributed by atoms with Crippen LogP contribution >= 0.6 is 23.2 Å². The van der Waals surface area contributed by atoms with Gasteiger partial charge < -0.3 is 5.32 Å². The molecule has 0 spiro atoms. The lowest BCUT2D eigenvalue weighted by Gasteiger charge is -2.00. The summed E-state index contributed by atoms with van der Waals surface area (Å²) in [4.78, 5) is 10.6. The van der Waals surface area contributed by atoms with Gasteiger partial charge in [0.25, 0.3) is 0 Å². The lowest BCUT2D eigenvalue weighted by atomic mass is 10.2. The van der Waals surface area contributed by atoms with Crippen molar-refractivity contribution in [1.82, 2.24) is 5.32 Å². The van der Waals surface area contributed by atoms with Crippen molar-refractivity contribution >= 4 is 35.2 Å². The van der Waals surface area contributed by atoms with Crippen molar-refractivity contribution in [2.75, 3.05) is 6.54 Å². The second-order valence-electron chi connectivity index (χ2n) is 3.32. The highest BCUT2D eigenvalue weighted by molar-refractivity contribution is 6.42. The Hall–Kier alpha value is -0.990. The molecule has 0 saturated heterocycles. The van der Waals surface area contributed by atoms with Crippen molar-refractivity contribution in [3.05, 3.63) is 39.9 Å². The average molecular weight is 258 g/mol. The molecule has 86 valence electrons. The van der Waals surface area contributed by atoms with Gasteiger partial charge in [0.1, 0.15) is 0 Å². The van der Waals surface area contributed by atoms with Crippen LogP contribution in [0.1, 0.15) is 18.9 Å². The van der Waals surface area contributed by atoms with E-state index in [-0.39, 0.29) is 5.91 Å². The molecule has 0 bridgehead atoms. The maximum atomic E-state index is 10.6. The Bertz CT molecular complexity index is 402. The molecule has 0 aliphatic heterocycles. The van der Waals surface area contributed by atoms with E-state index in [4.69, 9.17) is 23.2 Å². The van der Waals surface area contributed by atoms with E-state index < -0.39 is 0 Å². The van der Waals surface area contributed by atoms with Gasteiger partial charge in [0.15, 0.2) is 0 Å². The first-order valence-corrected chi connectivity index (χ1v) is 5.72. The summed E-state index contributed by atoms with van der Waals surface area (Å²) < 4.78 is 0. The molecule has 0 fully saturated rings. The molecular weight excluding hydrogens is 245 g/mol. The van der Waals surface area contributed by atoms with E-state index in [2.05, 4.69) is 5.32 Å². The Balaban J connectivity index is 2.50. The van der Waals surface area contributed by atoms with Crippen LogP contribution in [0.5, 0.6) is 0 Å². The van der Waals surface area contributed by atoms with Crippen LogP contribution in [-0.2, 0) is 4.79 Å². The summed E-state index contributed by atoms with van der Waals surface area (Å²) in [5, 5.41) is 3.81. The lowest BCUT2D eigenvalue weighted by molar-refractivity contribution is -0.118. The van der Waals surface area contributed by atoms with Crippen LogP contribution in [0.3, 0.4) is 0 Å². The molecule has 0 aliphatic carbocycles. The highest BCUT2D eigenvalue weighted by Gasteiger charge is 1.99. The number of benzene rings is 1. The molecule has 2 nitrogen and oxygen atoms in total. The molecule has 4 heteroatoms. The fourth-order valence-corrected chi connectivity index (χ4v) is 1.56. The number of nitrogens with one attached hydrogen (secondary N) is 1. The number of hydrogen-bond donors (Lipinski definition) is 1. The minimum atomic E-state index is -0.0193. The topological polar surface area (TPSA) is 29.1 Å². The Morgan fingerprint density at radius 1 is 1.44 bits per heavy atom. The SMILES string of the molecule is CC(=O)NCCC=Cc1cccc(Cl)c1Cl. The van der Waals surface area contributed by atoms with Gasteiger partial charge in [-0.3, -0.25) is 4.79 Å². The summed E-state index contributed by atoms with van der Waals surface area (Å²) in [6.07, 6.45) is 4.62. The van der Waals surface area contributed by atoms with Crippen LogP contribution in [0.4, 0.5) is 0 Å². The molecule has 0 radical (unpaired) electrons. The fraction of sp³-hybridized carbons (Fsp3) is 0.250. The largest absolute Gasteiger partial charge is 0.356 e. The van der Waals surface area contributed by atoms with Gasteiger partial charge in [0.05, 0.1) is 10.0 Å². The molecule has 0 heterocycles. The smallest absolute Gasteiger partial charge is 0.216 e. The highest BCUT2D eigenvalue weighted by atomic mass is 35.5. The van der Waals surface area contributed by atoms with E-state index in [0.29, 0.717) is 16.6 Å². The number of halogens is 2. The maximum absolute atomic E-state index is 10.6. The van der Waals surface area contributed by atoms with Gasteiger partial charge in [0.2, 0.25) is 5.91 Å². The minimum Gasteiger partial charge on any atom is -0.356 e. The van der Waals surface area contributed by atoms with Gasteiger partial charge in [0, 0.05) is 13.5 Å². The zero-order valence-electron chi connectivity index (χ0n) is 8.97. The Morgan fingerprint density at radius 3 is 2.88 bits per heavy atom. The molecule has 1 rings (SSSR count). The maximum Gasteiger partial charge on any atom is 0.216 e. The molecule has 1 aromatic rings. The van der Waals surface area contributed by atoms with Gasteiger partial charge in [-0.25, -0.2) is 0 Å². The molecule has 16 heavy (non-hydrogen) atoms. The molecule has 0 atom stereocenters. The van der Waals surface area contributed by atoms with Gasteiger partial charge in [-0.1, -0.05) is 47.5 Å². The van der Waals surface area contributed by atoms with Crippen molar-refractivity contribution < 1.29 is 4.79 Å². The third kappa shape index (κ3) is 4.25. The molecule has 0 saturated carbocycles. The predicted octanol–water partition coefficient (Wildman–Crippen LogP) is 3.53. The highest BCUT2D eigenvalue weighted by Crippen LogP contribution is 2.26. The van der Waals surface area contributed by atoms with E-state index in [0.717, 1.165) is 12.0 Å². The summed E-state index contributed by atoms with van der Waals surface area (Å²) in [5.74, 6) is -0.0193. The van der Waals surface area contributed by atoms with Gasteiger partial charge in [-0.15, -0.1) is 0 Å². The number of hydrogen-bond acceptors (Lipinski definition) is 1. The lowest BCUT2D eigenvalue weighted by Crippen LogP contribution is -2.20. The second-order valence-corrected chi connectivity index (χ2v) is 4.10. The van der Waals surface area contributed by atoms with Crippen molar-refractivity contribution in [3.63, 3.8) is 0 Å². The van der Waals surface area contributed by atoms with Crippen LogP contribution in [0.15, 0.2) is 24.3 Å². The first kappa shape index (κ1) is 13.1. The van der Waals surface area contributed by atoms with Crippen LogP contribution < -0.4 is 5.32 Å². The van der Waals surface area contributed by atoms with E-state index in [1.165, 1.54) is 6.92 Å². The molecule has 1 amide bonds. The van der Waals surface area contributed by atoms with Crippen LogP contribution in [-0.4, -0.2) is 12.5 Å². The molecule has 0 unspecified atom stereocenters. The quantitative estimate of drug-likeness (QED) is 0.822. The Kier molecular flexibility index (Phi) is 5.36. The minimum absolute atomic E-state index is 0.0193. The number of carbonyl (C=O) groups excluding carboxylic acids is 1. The van der Waals surface area contributed by atoms with Gasteiger partial charge in [-0.05, 0) is 18.1 Å². The first-order chi connectivity index (χ1) is 7.61. The monoisotopic (exact) mass is 257 g/mol. The van der Waals surface area contributed by atoms with Crippen LogP contribution in [0, 0.1) is 0 Å². The Morgan fingerprint density at radius 2 is 2.19 bits per heavy atom. The van der Waals surface area contributed by atoms with Crippen molar-refractivity contribution in [1.29, 1.82) is 0 Å². The summed E-state index contributed by atoms with van der Waals surface area (Å²) in [5.41, 5.74) is 0.886. The zero-order chi connectivity index (χ0) is 12.0. The number of rotatable bonds is 4. The van der Waals surface area contributed by atoms with Crippen molar-refractivity contribution in [3.8, 4) is 0 Å². The predicted molar refractivity (Wildman–Crippen MR) is 68.8 cm³/mol. The second kappa shape index (κ2) is 6.56. The summed E-state index contributed by atoms with van der Waals surface area (Å²) >= 11 is 11.9. The standard InChI is InChI=1S/C12H13Cl2NO/c1-9(16)15-8-3-2-5-10-6-4-7-11(13)12(10)14/h2,4-7H,3,8H2,1H3,(H,15,16).